The number of ketones is 1. The number of benzene rings is 1. The molecule has 0 spiro atoms. The number of carbonyl (C=O) groups excluding carboxylic acids is 6. The number of hydrogen-bond acceptors (Lipinski definition) is 17. The Morgan fingerprint density at radius 1 is 0.952 bits per heavy atom. The second-order valence-corrected chi connectivity index (χ2v) is 19.8. The summed E-state index contributed by atoms with van der Waals surface area (Å²) in [5, 5.41) is 49.0. The summed E-state index contributed by atoms with van der Waals surface area (Å²) in [5.74, 6) is -5.81. The number of ether oxygens (including phenoxy) is 7. The molecule has 0 radical (unpaired) electrons. The van der Waals surface area contributed by atoms with Gasteiger partial charge in [0.25, 0.3) is 0 Å². The van der Waals surface area contributed by atoms with Gasteiger partial charge in [0.1, 0.15) is 23.4 Å². The van der Waals surface area contributed by atoms with Crippen LogP contribution in [0, 0.1) is 22.2 Å². The lowest BCUT2D eigenvalue weighted by Crippen LogP contribution is -2.82. The van der Waals surface area contributed by atoms with Crippen LogP contribution in [0.5, 0.6) is 0 Å². The molecule has 1 aromatic rings. The van der Waals surface area contributed by atoms with Crippen LogP contribution in [0.1, 0.15) is 99.4 Å². The van der Waals surface area contributed by atoms with Crippen LogP contribution in [0.3, 0.4) is 0 Å². The Morgan fingerprint density at radius 3 is 2.06 bits per heavy atom. The molecule has 3 aliphatic carbocycles. The molecule has 342 valence electrons. The highest BCUT2D eigenvalue weighted by Gasteiger charge is 2.79. The lowest BCUT2D eigenvalue weighted by Gasteiger charge is -2.67. The molecule has 2 heterocycles. The van der Waals surface area contributed by atoms with E-state index in [2.05, 4.69) is 0 Å². The van der Waals surface area contributed by atoms with E-state index in [0.29, 0.717) is 0 Å². The predicted octanol–water partition coefficient (Wildman–Crippen LogP) is 3.14. The van der Waals surface area contributed by atoms with Crippen molar-refractivity contribution in [2.24, 2.45) is 22.2 Å². The number of Topliss-reactive ketones (excluding diaryl/α,β-unsaturated/α-hetero) is 1. The summed E-state index contributed by atoms with van der Waals surface area (Å²) in [5.41, 5.74) is -12.8. The van der Waals surface area contributed by atoms with Crippen LogP contribution < -0.4 is 0 Å². The summed E-state index contributed by atoms with van der Waals surface area (Å²) < 4.78 is 40.6. The number of carbonyl (C=O) groups is 6. The van der Waals surface area contributed by atoms with Crippen molar-refractivity contribution in [3.63, 3.8) is 0 Å². The zero-order valence-corrected chi connectivity index (χ0v) is 37.2. The normalized spacial score (nSPS) is 36.9. The molecule has 12 atom stereocenters. The minimum absolute atomic E-state index is 0.0292. The molecular formula is C44H59NO17. The van der Waals surface area contributed by atoms with Gasteiger partial charge in [-0.1, -0.05) is 52.8 Å². The van der Waals surface area contributed by atoms with Gasteiger partial charge in [-0.3, -0.25) is 14.5 Å². The fourth-order valence-corrected chi connectivity index (χ4v) is 10.7. The fourth-order valence-electron chi connectivity index (χ4n) is 10.7. The molecule has 2 aliphatic heterocycles. The van der Waals surface area contributed by atoms with Crippen molar-refractivity contribution in [1.29, 1.82) is 0 Å². The van der Waals surface area contributed by atoms with E-state index in [1.807, 2.05) is 0 Å². The lowest BCUT2D eigenvalue weighted by molar-refractivity contribution is -0.345. The Bertz CT molecular complexity index is 2060. The van der Waals surface area contributed by atoms with E-state index in [0.717, 1.165) is 18.9 Å². The summed E-state index contributed by atoms with van der Waals surface area (Å²) in [7, 11) is 1.06. The van der Waals surface area contributed by atoms with Crippen molar-refractivity contribution in [1.82, 2.24) is 4.90 Å². The number of amides is 1. The van der Waals surface area contributed by atoms with Gasteiger partial charge in [0.2, 0.25) is 0 Å². The van der Waals surface area contributed by atoms with Crippen LogP contribution in [0.4, 0.5) is 9.59 Å². The minimum atomic E-state index is -2.50. The van der Waals surface area contributed by atoms with E-state index in [9.17, 15) is 44.4 Å². The third-order valence-electron chi connectivity index (χ3n) is 14.2. The Kier molecular flexibility index (Phi) is 11.6. The number of fused-ring (bicyclic) bond motifs is 5. The topological polar surface area (TPSA) is 251 Å². The van der Waals surface area contributed by atoms with Crippen molar-refractivity contribution in [3.05, 3.63) is 47.0 Å². The van der Waals surface area contributed by atoms with E-state index in [1.54, 1.807) is 39.0 Å². The van der Waals surface area contributed by atoms with Gasteiger partial charge in [-0.25, -0.2) is 19.2 Å². The summed E-state index contributed by atoms with van der Waals surface area (Å²) in [6, 6.07) is 6.27. The van der Waals surface area contributed by atoms with Crippen LogP contribution in [-0.4, -0.2) is 140 Å². The minimum Gasteiger partial charge on any atom is -0.455 e. The molecule has 3 unspecified atom stereocenters. The summed E-state index contributed by atoms with van der Waals surface area (Å²) in [4.78, 5) is 84.7. The van der Waals surface area contributed by atoms with Gasteiger partial charge in [-0.05, 0) is 63.3 Å². The van der Waals surface area contributed by atoms with Crippen molar-refractivity contribution in [3.8, 4) is 0 Å². The van der Waals surface area contributed by atoms with Crippen LogP contribution in [0.2, 0.25) is 0 Å². The molecule has 18 nitrogen and oxygen atoms in total. The number of esters is 3. The van der Waals surface area contributed by atoms with E-state index in [4.69, 9.17) is 33.2 Å². The molecule has 0 aromatic heterocycles. The molecule has 2 saturated carbocycles. The summed E-state index contributed by atoms with van der Waals surface area (Å²) in [6.07, 6.45) is -13.4. The maximum atomic E-state index is 15.6. The maximum Gasteiger partial charge on any atom is 0.508 e. The molecule has 4 fully saturated rings. The first-order valence-corrected chi connectivity index (χ1v) is 20.5. The highest BCUT2D eigenvalue weighted by Crippen LogP contribution is 2.65. The van der Waals surface area contributed by atoms with Crippen molar-refractivity contribution in [2.75, 3.05) is 13.7 Å². The Morgan fingerprint density at radius 2 is 1.56 bits per heavy atom. The summed E-state index contributed by atoms with van der Waals surface area (Å²) in [6.45, 7) is 15.7. The number of cyclic esters (lactones) is 1. The van der Waals surface area contributed by atoms with Gasteiger partial charge in [0, 0.05) is 25.2 Å². The van der Waals surface area contributed by atoms with E-state index >= 15 is 4.79 Å². The average Bonchev–Trinajstić information content (AvgIpc) is 3.36. The molecule has 6 rings (SSSR count). The quantitative estimate of drug-likeness (QED) is 0.166. The highest BCUT2D eigenvalue weighted by atomic mass is 16.8. The molecule has 18 heteroatoms. The first-order valence-electron chi connectivity index (χ1n) is 20.5. The number of hydrogen-bond donors (Lipinski definition) is 4. The average molecular weight is 874 g/mol. The largest absolute Gasteiger partial charge is 0.508 e. The Hall–Kier alpha value is -4.62. The predicted molar refractivity (Wildman–Crippen MR) is 213 cm³/mol. The second kappa shape index (κ2) is 15.3. The number of nitrogens with zero attached hydrogens (tertiary/aromatic N) is 1. The molecule has 1 amide bonds. The number of methoxy groups -OCH3 is 1. The van der Waals surface area contributed by atoms with Crippen molar-refractivity contribution >= 4 is 35.9 Å². The zero-order chi connectivity index (χ0) is 46.5. The van der Waals surface area contributed by atoms with E-state index < -0.39 is 136 Å². The zero-order valence-electron chi connectivity index (χ0n) is 37.2. The first kappa shape index (κ1) is 46.9. The van der Waals surface area contributed by atoms with Gasteiger partial charge in [-0.2, -0.15) is 0 Å². The lowest BCUT2D eigenvalue weighted by atomic mass is 9.44. The summed E-state index contributed by atoms with van der Waals surface area (Å²) >= 11 is 0. The Balaban J connectivity index is 1.60. The number of aliphatic hydroxyl groups excluding tert-OH is 3. The number of aliphatic hydroxyl groups is 4. The monoisotopic (exact) mass is 873 g/mol. The van der Waals surface area contributed by atoms with E-state index in [-0.39, 0.29) is 23.1 Å². The standard InChI is InChI=1S/C44H59NO17/c1-21-26-28(58-22(2)46)31(49)42(11)24(47)18-25-43(20-57-25,62-37(54)56-12)29(42)32(59-33(50)23-16-14-13-15-17-23)44(55,39(26,6)7)19-41(21,10)60-34(51)27(48)30(38(3,4)5)45-35(52)40(8,9)61-36(45)53/h13-17,24-25,27-30,32,35,47-48,52,55H,18-20H2,1-12H3/t24?,25-,27-,28-,29?,30-,32+,35?,41+,42-,43+,44-/m1/s1. The molecule has 1 aromatic carbocycles. The van der Waals surface area contributed by atoms with Gasteiger partial charge < -0.3 is 53.6 Å². The van der Waals surface area contributed by atoms with Gasteiger partial charge >= 0.3 is 30.2 Å². The second-order valence-electron chi connectivity index (χ2n) is 19.8. The third-order valence-corrected chi connectivity index (χ3v) is 14.2. The molecule has 4 N–H and O–H groups in total. The Labute approximate surface area is 359 Å². The van der Waals surface area contributed by atoms with Crippen LogP contribution >= 0.6 is 0 Å². The number of rotatable bonds is 8. The first-order chi connectivity index (χ1) is 28.5. The van der Waals surface area contributed by atoms with Crippen LogP contribution in [0.15, 0.2) is 41.5 Å². The van der Waals surface area contributed by atoms with Crippen molar-refractivity contribution in [2.45, 2.75) is 154 Å². The smallest absolute Gasteiger partial charge is 0.455 e. The molecule has 2 bridgehead atoms. The third kappa shape index (κ3) is 6.96. The molecular weight excluding hydrogens is 814 g/mol. The highest BCUT2D eigenvalue weighted by molar-refractivity contribution is 5.95. The van der Waals surface area contributed by atoms with Crippen molar-refractivity contribution < 1.29 is 82.4 Å². The SMILES string of the molecule is COC(=O)O[C@@]12CO[C@@H]1CC(O)[C@@]1(C)C(=O)[C@H](OC(C)=O)C3=C(C)[C@@](C)(OC(=O)[C@H](O)[C@@H](N4C(=O)OC(C)(C)C4O)C(C)(C)C)C[C@@](O)([C@@H](OC(=O)c4ccccc4)C12)C3(C)C. The molecule has 62 heavy (non-hydrogen) atoms. The van der Waals surface area contributed by atoms with Crippen LogP contribution in [-0.2, 0) is 47.5 Å². The molecule has 2 saturated heterocycles. The fraction of sp³-hybridized carbons (Fsp3) is 0.682. The maximum absolute atomic E-state index is 15.6. The van der Waals surface area contributed by atoms with Crippen LogP contribution in [0.25, 0.3) is 0 Å². The molecule has 5 aliphatic rings. The van der Waals surface area contributed by atoms with E-state index in [1.165, 1.54) is 60.6 Å². The van der Waals surface area contributed by atoms with Gasteiger partial charge in [0.05, 0.1) is 42.8 Å². The van der Waals surface area contributed by atoms with Gasteiger partial charge in [-0.15, -0.1) is 0 Å². The van der Waals surface area contributed by atoms with Gasteiger partial charge in [0.15, 0.2) is 35.4 Å².